The molecule has 1 aromatic rings. The van der Waals surface area contributed by atoms with Crippen LogP contribution in [-0.4, -0.2) is 23.6 Å². The molecule has 25 heavy (non-hydrogen) atoms. The SMILES string of the molecule is C[C@H]1OC(=O)c2coc3c2[C@@]1(C)C1=C(C3=O)C2CCC(=O)C2(C)CC1. The van der Waals surface area contributed by atoms with Crippen LogP contribution >= 0.6 is 0 Å². The minimum absolute atomic E-state index is 0.0559. The Labute approximate surface area is 145 Å². The molecular weight excluding hydrogens is 320 g/mol. The van der Waals surface area contributed by atoms with E-state index in [-0.39, 0.29) is 29.3 Å². The third-order valence-corrected chi connectivity index (χ3v) is 7.34. The number of hydrogen-bond acceptors (Lipinski definition) is 5. The highest BCUT2D eigenvalue weighted by Gasteiger charge is 2.60. The van der Waals surface area contributed by atoms with Crippen molar-refractivity contribution in [1.82, 2.24) is 0 Å². The van der Waals surface area contributed by atoms with E-state index in [1.165, 1.54) is 6.26 Å². The van der Waals surface area contributed by atoms with Gasteiger partial charge in [-0.1, -0.05) is 6.92 Å². The predicted octanol–water partition coefficient (Wildman–Crippen LogP) is 3.37. The van der Waals surface area contributed by atoms with E-state index in [4.69, 9.17) is 9.15 Å². The second-order valence-corrected chi connectivity index (χ2v) is 8.26. The average Bonchev–Trinajstić information content (AvgIpc) is 3.14. The Balaban J connectivity index is 1.80. The fourth-order valence-corrected chi connectivity index (χ4v) is 5.67. The molecule has 0 radical (unpaired) electrons. The van der Waals surface area contributed by atoms with Gasteiger partial charge >= 0.3 is 5.97 Å². The number of cyclic esters (lactones) is 1. The molecule has 5 rings (SSSR count). The van der Waals surface area contributed by atoms with Gasteiger partial charge in [-0.25, -0.2) is 4.79 Å². The molecule has 1 aromatic heterocycles. The number of ether oxygens (including phenoxy) is 1. The number of carbonyl (C=O) groups excluding carboxylic acids is 3. The van der Waals surface area contributed by atoms with Crippen LogP contribution in [0.4, 0.5) is 0 Å². The molecule has 0 bridgehead atoms. The van der Waals surface area contributed by atoms with Gasteiger partial charge in [-0.3, -0.25) is 9.59 Å². The molecule has 1 saturated carbocycles. The van der Waals surface area contributed by atoms with Crippen LogP contribution < -0.4 is 0 Å². The van der Waals surface area contributed by atoms with E-state index in [1.54, 1.807) is 0 Å². The van der Waals surface area contributed by atoms with E-state index in [0.717, 1.165) is 17.6 Å². The zero-order valence-electron chi connectivity index (χ0n) is 14.6. The van der Waals surface area contributed by atoms with Gasteiger partial charge < -0.3 is 9.15 Å². The molecule has 2 heterocycles. The smallest absolute Gasteiger partial charge is 0.342 e. The van der Waals surface area contributed by atoms with Gasteiger partial charge in [0.1, 0.15) is 23.7 Å². The van der Waals surface area contributed by atoms with Gasteiger partial charge in [-0.05, 0) is 38.7 Å². The van der Waals surface area contributed by atoms with Gasteiger partial charge in [0.25, 0.3) is 0 Å². The molecular formula is C20H20O5. The number of Topliss-reactive ketones (excluding diaryl/α,β-unsaturated/α-hetero) is 2. The summed E-state index contributed by atoms with van der Waals surface area (Å²) in [6, 6.07) is 0. The van der Waals surface area contributed by atoms with Crippen LogP contribution in [0.1, 0.15) is 72.9 Å². The summed E-state index contributed by atoms with van der Waals surface area (Å²) in [5.41, 5.74) is 1.85. The van der Waals surface area contributed by atoms with Crippen molar-refractivity contribution < 1.29 is 23.5 Å². The molecule has 0 spiro atoms. The van der Waals surface area contributed by atoms with Crippen LogP contribution in [-0.2, 0) is 14.9 Å². The summed E-state index contributed by atoms with van der Waals surface area (Å²) < 4.78 is 11.2. The minimum atomic E-state index is -0.554. The van der Waals surface area contributed by atoms with Gasteiger partial charge in [0, 0.05) is 28.9 Å². The first kappa shape index (κ1) is 15.1. The second-order valence-electron chi connectivity index (χ2n) is 8.26. The molecule has 0 aromatic carbocycles. The number of allylic oxidation sites excluding steroid dienone is 1. The van der Waals surface area contributed by atoms with Crippen LogP contribution in [0, 0.1) is 11.3 Å². The highest BCUT2D eigenvalue weighted by atomic mass is 16.5. The molecule has 130 valence electrons. The summed E-state index contributed by atoms with van der Waals surface area (Å²) in [5, 5.41) is 0. The van der Waals surface area contributed by atoms with Crippen LogP contribution in [0.3, 0.4) is 0 Å². The van der Waals surface area contributed by atoms with Gasteiger partial charge in [0.05, 0.1) is 5.41 Å². The first-order valence-electron chi connectivity index (χ1n) is 8.94. The maximum Gasteiger partial charge on any atom is 0.342 e. The summed E-state index contributed by atoms with van der Waals surface area (Å²) in [6.07, 6.45) is 3.66. The number of furan rings is 1. The molecule has 3 aliphatic carbocycles. The Hall–Kier alpha value is -2.17. The molecule has 1 fully saturated rings. The van der Waals surface area contributed by atoms with Crippen LogP contribution in [0.15, 0.2) is 21.8 Å². The highest BCUT2D eigenvalue weighted by molar-refractivity contribution is 6.14. The van der Waals surface area contributed by atoms with Crippen molar-refractivity contribution in [1.29, 1.82) is 0 Å². The van der Waals surface area contributed by atoms with E-state index < -0.39 is 16.8 Å². The maximum absolute atomic E-state index is 13.3. The topological polar surface area (TPSA) is 73.6 Å². The molecule has 4 aliphatic rings. The number of ketones is 2. The van der Waals surface area contributed by atoms with Crippen molar-refractivity contribution in [3.05, 3.63) is 34.3 Å². The molecule has 1 aliphatic heterocycles. The van der Waals surface area contributed by atoms with E-state index in [0.29, 0.717) is 30.4 Å². The van der Waals surface area contributed by atoms with Crippen molar-refractivity contribution in [2.45, 2.75) is 58.0 Å². The van der Waals surface area contributed by atoms with Gasteiger partial charge in [0.15, 0.2) is 5.76 Å². The number of rotatable bonds is 0. The van der Waals surface area contributed by atoms with Crippen LogP contribution in [0.25, 0.3) is 0 Å². The largest absolute Gasteiger partial charge is 0.460 e. The molecule has 5 nitrogen and oxygen atoms in total. The molecule has 2 unspecified atom stereocenters. The van der Waals surface area contributed by atoms with Crippen molar-refractivity contribution in [2.24, 2.45) is 11.3 Å². The van der Waals surface area contributed by atoms with Gasteiger partial charge in [0.2, 0.25) is 5.78 Å². The normalized spacial score (nSPS) is 39.1. The molecule has 0 amide bonds. The van der Waals surface area contributed by atoms with Crippen molar-refractivity contribution in [2.75, 3.05) is 0 Å². The number of fused-ring (bicyclic) bond motifs is 3. The zero-order chi connectivity index (χ0) is 17.7. The summed E-state index contributed by atoms with van der Waals surface area (Å²) in [4.78, 5) is 38.0. The quantitative estimate of drug-likeness (QED) is 0.677. The van der Waals surface area contributed by atoms with Crippen LogP contribution in [0.2, 0.25) is 0 Å². The Bertz CT molecular complexity index is 903. The zero-order valence-corrected chi connectivity index (χ0v) is 14.6. The Kier molecular flexibility index (Phi) is 2.61. The van der Waals surface area contributed by atoms with Crippen LogP contribution in [0.5, 0.6) is 0 Å². The lowest BCUT2D eigenvalue weighted by Crippen LogP contribution is -2.51. The summed E-state index contributed by atoms with van der Waals surface area (Å²) in [7, 11) is 0. The lowest BCUT2D eigenvalue weighted by Gasteiger charge is -2.49. The third-order valence-electron chi connectivity index (χ3n) is 7.34. The molecule has 5 heteroatoms. The number of carbonyl (C=O) groups is 3. The third kappa shape index (κ3) is 1.49. The molecule has 0 N–H and O–H groups in total. The lowest BCUT2D eigenvalue weighted by molar-refractivity contribution is -0.126. The van der Waals surface area contributed by atoms with E-state index in [2.05, 4.69) is 0 Å². The van der Waals surface area contributed by atoms with Gasteiger partial charge in [-0.15, -0.1) is 0 Å². The van der Waals surface area contributed by atoms with Gasteiger partial charge in [-0.2, -0.15) is 0 Å². The second kappa shape index (κ2) is 4.32. The Morgan fingerprint density at radius 1 is 1.16 bits per heavy atom. The summed E-state index contributed by atoms with van der Waals surface area (Å²) in [5.74, 6) is -0.0937. The summed E-state index contributed by atoms with van der Waals surface area (Å²) >= 11 is 0. The Morgan fingerprint density at radius 2 is 1.92 bits per heavy atom. The van der Waals surface area contributed by atoms with Crippen molar-refractivity contribution in [3.63, 3.8) is 0 Å². The molecule has 0 saturated heterocycles. The van der Waals surface area contributed by atoms with E-state index in [1.807, 2.05) is 20.8 Å². The number of esters is 1. The van der Waals surface area contributed by atoms with E-state index >= 15 is 0 Å². The average molecular weight is 340 g/mol. The summed E-state index contributed by atoms with van der Waals surface area (Å²) in [6.45, 7) is 5.93. The fourth-order valence-electron chi connectivity index (χ4n) is 5.67. The fraction of sp³-hybridized carbons (Fsp3) is 0.550. The number of hydrogen-bond donors (Lipinski definition) is 0. The standard InChI is InChI=1S/C20H20O5/c1-9-20(3)12-6-7-19(2)11(4-5-13(19)21)14(12)16(22)17-15(20)10(8-24-17)18(23)25-9/h8-9,11H,4-7H2,1-3H3/t9-,11?,19?,20-/m1/s1. The monoisotopic (exact) mass is 340 g/mol. The minimum Gasteiger partial charge on any atom is -0.460 e. The first-order valence-corrected chi connectivity index (χ1v) is 8.94. The predicted molar refractivity (Wildman–Crippen MR) is 87.4 cm³/mol. The first-order chi connectivity index (χ1) is 11.8. The maximum atomic E-state index is 13.3. The van der Waals surface area contributed by atoms with Crippen molar-refractivity contribution >= 4 is 17.5 Å². The molecule has 4 atom stereocenters. The Morgan fingerprint density at radius 3 is 2.68 bits per heavy atom. The highest BCUT2D eigenvalue weighted by Crippen LogP contribution is 2.60. The van der Waals surface area contributed by atoms with E-state index in [9.17, 15) is 14.4 Å². The lowest BCUT2D eigenvalue weighted by atomic mass is 9.55. The van der Waals surface area contributed by atoms with Crippen molar-refractivity contribution in [3.8, 4) is 0 Å².